The minimum Gasteiger partial charge on any atom is -0.481 e. The van der Waals surface area contributed by atoms with Crippen molar-refractivity contribution >= 4 is 23.0 Å². The second-order valence-electron chi connectivity index (χ2n) is 7.97. The van der Waals surface area contributed by atoms with E-state index >= 15 is 4.39 Å². The Balaban J connectivity index is 1.93. The summed E-state index contributed by atoms with van der Waals surface area (Å²) in [5.41, 5.74) is 2.22. The Morgan fingerprint density at radius 1 is 1.31 bits per heavy atom. The molecule has 1 fully saturated rings. The van der Waals surface area contributed by atoms with Gasteiger partial charge in [-0.15, -0.1) is 0 Å². The fourth-order valence-corrected chi connectivity index (χ4v) is 3.97. The maximum Gasteiger partial charge on any atom is 0.316 e. The van der Waals surface area contributed by atoms with Gasteiger partial charge < -0.3 is 25.2 Å². The van der Waals surface area contributed by atoms with E-state index < -0.39 is 17.7 Å². The summed E-state index contributed by atoms with van der Waals surface area (Å²) in [5, 5.41) is 16.0. The number of ether oxygens (including phenoxy) is 2. The summed E-state index contributed by atoms with van der Waals surface area (Å²) in [6.07, 6.45) is 6.29. The van der Waals surface area contributed by atoms with Crippen molar-refractivity contribution in [3.8, 4) is 6.01 Å². The van der Waals surface area contributed by atoms with Gasteiger partial charge >= 0.3 is 12.0 Å². The van der Waals surface area contributed by atoms with Gasteiger partial charge in [0.25, 0.3) is 0 Å². The van der Waals surface area contributed by atoms with Crippen LogP contribution in [0.15, 0.2) is 24.5 Å². The maximum atomic E-state index is 15.1. The molecule has 3 N–H and O–H groups in total. The second kappa shape index (κ2) is 11.1. The molecule has 32 heavy (non-hydrogen) atoms. The summed E-state index contributed by atoms with van der Waals surface area (Å²) < 4.78 is 25.9. The standard InChI is InChI=1S/C23H31FN4O4/c1-4-14(8-22(29)30)18-10-20(28-16-12-25-23(31-3)26-13-16)21(11-19(18)24)27-15-6-7-32-17(5-2)9-15/h10-15,17,27-28H,4-9H2,1-3H3,(H,29,30). The maximum absolute atomic E-state index is 15.1. The largest absolute Gasteiger partial charge is 0.481 e. The van der Waals surface area contributed by atoms with Gasteiger partial charge in [0, 0.05) is 12.6 Å². The average molecular weight is 447 g/mol. The minimum absolute atomic E-state index is 0.135. The number of anilines is 3. The highest BCUT2D eigenvalue weighted by Crippen LogP contribution is 2.35. The molecule has 0 spiro atoms. The van der Waals surface area contributed by atoms with Crippen molar-refractivity contribution in [1.29, 1.82) is 0 Å². The van der Waals surface area contributed by atoms with E-state index in [2.05, 4.69) is 27.5 Å². The van der Waals surface area contributed by atoms with Gasteiger partial charge in [0.1, 0.15) is 5.82 Å². The summed E-state index contributed by atoms with van der Waals surface area (Å²) in [6, 6.07) is 3.53. The van der Waals surface area contributed by atoms with E-state index in [0.29, 0.717) is 35.7 Å². The van der Waals surface area contributed by atoms with Gasteiger partial charge in [-0.3, -0.25) is 4.79 Å². The van der Waals surface area contributed by atoms with Gasteiger partial charge in [-0.1, -0.05) is 13.8 Å². The zero-order valence-corrected chi connectivity index (χ0v) is 18.7. The van der Waals surface area contributed by atoms with Gasteiger partial charge in [-0.25, -0.2) is 14.4 Å². The number of nitrogens with one attached hydrogen (secondary N) is 2. The Labute approximate surface area is 187 Å². The molecule has 8 nitrogen and oxygen atoms in total. The van der Waals surface area contributed by atoms with Crippen molar-refractivity contribution in [3.05, 3.63) is 35.9 Å². The van der Waals surface area contributed by atoms with Gasteiger partial charge in [0.05, 0.1) is 49.1 Å². The van der Waals surface area contributed by atoms with Crippen LogP contribution in [0.3, 0.4) is 0 Å². The topological polar surface area (TPSA) is 106 Å². The van der Waals surface area contributed by atoms with Gasteiger partial charge in [-0.05, 0) is 49.3 Å². The number of aromatic nitrogens is 2. The number of carboxylic acids is 1. The second-order valence-corrected chi connectivity index (χ2v) is 7.97. The third-order valence-electron chi connectivity index (χ3n) is 5.76. The Morgan fingerprint density at radius 3 is 2.69 bits per heavy atom. The van der Waals surface area contributed by atoms with Crippen LogP contribution in [0.4, 0.5) is 21.5 Å². The first-order valence-corrected chi connectivity index (χ1v) is 11.0. The van der Waals surface area contributed by atoms with Gasteiger partial charge in [0.15, 0.2) is 0 Å². The first-order chi connectivity index (χ1) is 15.4. The highest BCUT2D eigenvalue weighted by molar-refractivity contribution is 5.76. The fourth-order valence-electron chi connectivity index (χ4n) is 3.97. The van der Waals surface area contributed by atoms with Crippen LogP contribution in [0, 0.1) is 5.82 Å². The summed E-state index contributed by atoms with van der Waals surface area (Å²) in [4.78, 5) is 19.5. The normalized spacial score (nSPS) is 19.2. The molecule has 1 aliphatic heterocycles. The molecular weight excluding hydrogens is 415 g/mol. The molecule has 1 aliphatic rings. The van der Waals surface area contributed by atoms with Crippen LogP contribution in [0.1, 0.15) is 57.4 Å². The molecule has 1 aromatic heterocycles. The van der Waals surface area contributed by atoms with E-state index in [9.17, 15) is 9.90 Å². The molecule has 1 saturated heterocycles. The number of halogens is 1. The molecule has 0 amide bonds. The lowest BCUT2D eigenvalue weighted by atomic mass is 9.91. The fraction of sp³-hybridized carbons (Fsp3) is 0.522. The Bertz CT molecular complexity index is 910. The van der Waals surface area contributed by atoms with Crippen molar-refractivity contribution in [1.82, 2.24) is 9.97 Å². The number of carboxylic acid groups (broad SMARTS) is 1. The molecule has 174 valence electrons. The third kappa shape index (κ3) is 6.06. The van der Waals surface area contributed by atoms with Crippen molar-refractivity contribution in [2.24, 2.45) is 0 Å². The molecule has 9 heteroatoms. The summed E-state index contributed by atoms with van der Waals surface area (Å²) in [5.74, 6) is -1.80. The van der Waals surface area contributed by atoms with Crippen molar-refractivity contribution < 1.29 is 23.8 Å². The molecule has 1 aromatic carbocycles. The van der Waals surface area contributed by atoms with Crippen LogP contribution in [-0.4, -0.2) is 46.9 Å². The number of methoxy groups -OCH3 is 1. The third-order valence-corrected chi connectivity index (χ3v) is 5.76. The zero-order chi connectivity index (χ0) is 23.1. The number of hydrogen-bond acceptors (Lipinski definition) is 7. The lowest BCUT2D eigenvalue weighted by Crippen LogP contribution is -2.33. The van der Waals surface area contributed by atoms with Crippen LogP contribution in [-0.2, 0) is 9.53 Å². The first kappa shape index (κ1) is 23.7. The molecule has 0 saturated carbocycles. The van der Waals surface area contributed by atoms with E-state index in [-0.39, 0.29) is 24.6 Å². The van der Waals surface area contributed by atoms with Crippen molar-refractivity contribution in [3.63, 3.8) is 0 Å². The van der Waals surface area contributed by atoms with E-state index in [1.807, 2.05) is 6.92 Å². The lowest BCUT2D eigenvalue weighted by molar-refractivity contribution is -0.137. The quantitative estimate of drug-likeness (QED) is 0.482. The number of benzene rings is 1. The Morgan fingerprint density at radius 2 is 2.06 bits per heavy atom. The predicted molar refractivity (Wildman–Crippen MR) is 120 cm³/mol. The van der Waals surface area contributed by atoms with Crippen LogP contribution < -0.4 is 15.4 Å². The smallest absolute Gasteiger partial charge is 0.316 e. The number of rotatable bonds is 10. The molecule has 0 aliphatic carbocycles. The molecular formula is C23H31FN4O4. The summed E-state index contributed by atoms with van der Waals surface area (Å²) >= 11 is 0. The molecule has 2 aromatic rings. The molecule has 2 heterocycles. The van der Waals surface area contributed by atoms with Crippen LogP contribution in [0.2, 0.25) is 0 Å². The van der Waals surface area contributed by atoms with E-state index in [1.54, 1.807) is 18.5 Å². The number of hydrogen-bond donors (Lipinski definition) is 3. The van der Waals surface area contributed by atoms with Gasteiger partial charge in [0.2, 0.25) is 0 Å². The average Bonchev–Trinajstić information content (AvgIpc) is 2.79. The molecule has 3 atom stereocenters. The van der Waals surface area contributed by atoms with E-state index in [1.165, 1.54) is 13.2 Å². The molecule has 3 rings (SSSR count). The predicted octanol–water partition coefficient (Wildman–Crippen LogP) is 4.71. The van der Waals surface area contributed by atoms with Crippen molar-refractivity contribution in [2.75, 3.05) is 24.4 Å². The SMILES string of the molecule is CCC1CC(Nc2cc(F)c(C(CC)CC(=O)O)cc2Nc2cnc(OC)nc2)CCO1. The zero-order valence-electron chi connectivity index (χ0n) is 18.7. The minimum atomic E-state index is -0.954. The first-order valence-electron chi connectivity index (χ1n) is 11.0. The van der Waals surface area contributed by atoms with Gasteiger partial charge in [-0.2, -0.15) is 0 Å². The Hall–Kier alpha value is -2.94. The van der Waals surface area contributed by atoms with Crippen molar-refractivity contribution in [2.45, 2.75) is 64.0 Å². The summed E-state index contributed by atoms with van der Waals surface area (Å²) in [7, 11) is 1.49. The monoisotopic (exact) mass is 446 g/mol. The van der Waals surface area contributed by atoms with E-state index in [0.717, 1.165) is 19.3 Å². The van der Waals surface area contributed by atoms with Crippen LogP contribution >= 0.6 is 0 Å². The summed E-state index contributed by atoms with van der Waals surface area (Å²) in [6.45, 7) is 4.60. The molecule has 3 unspecified atom stereocenters. The Kier molecular flexibility index (Phi) is 8.21. The number of aliphatic carboxylic acids is 1. The van der Waals surface area contributed by atoms with E-state index in [4.69, 9.17) is 9.47 Å². The number of nitrogens with zero attached hydrogens (tertiary/aromatic N) is 2. The van der Waals surface area contributed by atoms with Crippen LogP contribution in [0.25, 0.3) is 0 Å². The molecule has 0 bridgehead atoms. The molecule has 0 radical (unpaired) electrons. The highest BCUT2D eigenvalue weighted by Gasteiger charge is 2.24. The highest BCUT2D eigenvalue weighted by atomic mass is 19.1. The lowest BCUT2D eigenvalue weighted by Gasteiger charge is -2.31. The van der Waals surface area contributed by atoms with Crippen LogP contribution in [0.5, 0.6) is 6.01 Å². The number of carbonyl (C=O) groups is 1.